The van der Waals surface area contributed by atoms with Crippen LogP contribution in [0.25, 0.3) is 0 Å². The lowest BCUT2D eigenvalue weighted by atomic mass is 10.2. The third kappa shape index (κ3) is 8.10. The van der Waals surface area contributed by atoms with Gasteiger partial charge in [0.05, 0.1) is 18.9 Å². The normalized spacial score (nSPS) is 10.7. The standard InChI is InChI=1S/C14H19NO3S2/c1-20(16,17)11-10-19-9-8-18-14-6-2-4-13(12-14)5-3-7-15/h2,4,6,12H,7-11,15H2,1H3. The van der Waals surface area contributed by atoms with Crippen LogP contribution in [0.4, 0.5) is 0 Å². The van der Waals surface area contributed by atoms with Crippen LogP contribution in [0.1, 0.15) is 5.56 Å². The van der Waals surface area contributed by atoms with Crippen LogP contribution < -0.4 is 10.5 Å². The van der Waals surface area contributed by atoms with Gasteiger partial charge in [0.25, 0.3) is 0 Å². The molecule has 0 aliphatic carbocycles. The van der Waals surface area contributed by atoms with Crippen LogP contribution in [-0.2, 0) is 9.84 Å². The highest BCUT2D eigenvalue weighted by Crippen LogP contribution is 2.13. The molecule has 0 amide bonds. The van der Waals surface area contributed by atoms with E-state index in [-0.39, 0.29) is 5.75 Å². The van der Waals surface area contributed by atoms with Crippen molar-refractivity contribution in [3.8, 4) is 17.6 Å². The van der Waals surface area contributed by atoms with Crippen LogP contribution in [0.2, 0.25) is 0 Å². The van der Waals surface area contributed by atoms with E-state index in [0.29, 0.717) is 18.9 Å². The first-order valence-electron chi connectivity index (χ1n) is 6.18. The fourth-order valence-corrected chi connectivity index (χ4v) is 3.44. The van der Waals surface area contributed by atoms with Crippen LogP contribution in [-0.4, -0.2) is 45.1 Å². The second kappa shape index (κ2) is 8.90. The monoisotopic (exact) mass is 313 g/mol. The quantitative estimate of drug-likeness (QED) is 0.604. The first kappa shape index (κ1) is 16.9. The predicted molar refractivity (Wildman–Crippen MR) is 84.9 cm³/mol. The smallest absolute Gasteiger partial charge is 0.148 e. The van der Waals surface area contributed by atoms with Crippen molar-refractivity contribution >= 4 is 21.6 Å². The van der Waals surface area contributed by atoms with Crippen LogP contribution in [0.3, 0.4) is 0 Å². The van der Waals surface area contributed by atoms with Gasteiger partial charge in [-0.3, -0.25) is 0 Å². The Labute approximate surface area is 125 Å². The molecule has 0 saturated heterocycles. The Hall–Kier alpha value is -1.16. The van der Waals surface area contributed by atoms with Crippen molar-refractivity contribution in [1.29, 1.82) is 0 Å². The van der Waals surface area contributed by atoms with E-state index in [1.165, 1.54) is 6.26 Å². The summed E-state index contributed by atoms with van der Waals surface area (Å²) < 4.78 is 27.5. The van der Waals surface area contributed by atoms with Gasteiger partial charge < -0.3 is 10.5 Å². The zero-order valence-electron chi connectivity index (χ0n) is 11.5. The summed E-state index contributed by atoms with van der Waals surface area (Å²) in [7, 11) is -2.87. The summed E-state index contributed by atoms with van der Waals surface area (Å²) in [6.45, 7) is 0.879. The van der Waals surface area contributed by atoms with Crippen LogP contribution >= 0.6 is 11.8 Å². The number of thioether (sulfide) groups is 1. The van der Waals surface area contributed by atoms with Gasteiger partial charge in [-0.15, -0.1) is 0 Å². The molecule has 6 heteroatoms. The molecule has 4 nitrogen and oxygen atoms in total. The number of nitrogens with two attached hydrogens (primary N) is 1. The van der Waals surface area contributed by atoms with Gasteiger partial charge in [-0.2, -0.15) is 11.8 Å². The summed E-state index contributed by atoms with van der Waals surface area (Å²) in [5.74, 6) is 8.07. The fraction of sp³-hybridized carbons (Fsp3) is 0.429. The summed E-state index contributed by atoms with van der Waals surface area (Å²) in [4.78, 5) is 0. The average molecular weight is 313 g/mol. The third-order valence-corrected chi connectivity index (χ3v) is 4.42. The minimum atomic E-state index is -2.87. The summed E-state index contributed by atoms with van der Waals surface area (Å²) in [6.07, 6.45) is 1.25. The van der Waals surface area contributed by atoms with Gasteiger partial charge in [0.2, 0.25) is 0 Å². The molecule has 0 atom stereocenters. The zero-order chi connectivity index (χ0) is 14.8. The topological polar surface area (TPSA) is 69.4 Å². The molecule has 0 aromatic heterocycles. The molecule has 1 rings (SSSR count). The van der Waals surface area contributed by atoms with E-state index in [4.69, 9.17) is 10.5 Å². The molecule has 0 spiro atoms. The second-order valence-corrected chi connectivity index (χ2v) is 7.61. The van der Waals surface area contributed by atoms with Crippen molar-refractivity contribution in [3.05, 3.63) is 29.8 Å². The first-order chi connectivity index (χ1) is 9.51. The number of hydrogen-bond acceptors (Lipinski definition) is 5. The van der Waals surface area contributed by atoms with E-state index in [1.54, 1.807) is 11.8 Å². The molecule has 0 saturated carbocycles. The molecular formula is C14H19NO3S2. The number of benzene rings is 1. The minimum absolute atomic E-state index is 0.210. The maximum absolute atomic E-state index is 10.9. The van der Waals surface area contributed by atoms with Crippen LogP contribution in [0.15, 0.2) is 24.3 Å². The molecule has 1 aromatic carbocycles. The highest BCUT2D eigenvalue weighted by atomic mass is 32.2. The highest BCUT2D eigenvalue weighted by molar-refractivity contribution is 8.00. The van der Waals surface area contributed by atoms with Gasteiger partial charge in [0, 0.05) is 23.3 Å². The average Bonchev–Trinajstić information content (AvgIpc) is 2.40. The van der Waals surface area contributed by atoms with Crippen molar-refractivity contribution in [2.45, 2.75) is 0 Å². The maximum Gasteiger partial charge on any atom is 0.148 e. The lowest BCUT2D eigenvalue weighted by Crippen LogP contribution is -2.07. The summed E-state index contributed by atoms with van der Waals surface area (Å²) >= 11 is 1.57. The molecule has 0 radical (unpaired) electrons. The first-order valence-corrected chi connectivity index (χ1v) is 9.40. The van der Waals surface area contributed by atoms with E-state index in [1.807, 2.05) is 24.3 Å². The molecule has 1 aromatic rings. The van der Waals surface area contributed by atoms with Gasteiger partial charge in [0.1, 0.15) is 15.6 Å². The number of hydrogen-bond donors (Lipinski definition) is 1. The Morgan fingerprint density at radius 1 is 1.35 bits per heavy atom. The van der Waals surface area contributed by atoms with E-state index in [0.717, 1.165) is 17.1 Å². The maximum atomic E-state index is 10.9. The van der Waals surface area contributed by atoms with Gasteiger partial charge in [-0.1, -0.05) is 17.9 Å². The highest BCUT2D eigenvalue weighted by Gasteiger charge is 2.01. The van der Waals surface area contributed by atoms with Crippen molar-refractivity contribution in [1.82, 2.24) is 0 Å². The van der Waals surface area contributed by atoms with Crippen molar-refractivity contribution < 1.29 is 13.2 Å². The minimum Gasteiger partial charge on any atom is -0.493 e. The summed E-state index contributed by atoms with van der Waals surface area (Å²) in [5, 5.41) is 0. The Bertz CT molecular complexity index is 574. The Kier molecular flexibility index (Phi) is 7.52. The van der Waals surface area contributed by atoms with Gasteiger partial charge in [0.15, 0.2) is 0 Å². The largest absolute Gasteiger partial charge is 0.493 e. The molecule has 0 unspecified atom stereocenters. The van der Waals surface area contributed by atoms with E-state index >= 15 is 0 Å². The van der Waals surface area contributed by atoms with E-state index in [9.17, 15) is 8.42 Å². The lowest BCUT2D eigenvalue weighted by Gasteiger charge is -2.06. The molecule has 0 bridgehead atoms. The lowest BCUT2D eigenvalue weighted by molar-refractivity contribution is 0.344. The van der Waals surface area contributed by atoms with E-state index in [2.05, 4.69) is 11.8 Å². The Morgan fingerprint density at radius 2 is 2.15 bits per heavy atom. The predicted octanol–water partition coefficient (Wildman–Crippen LogP) is 1.15. The molecule has 20 heavy (non-hydrogen) atoms. The molecule has 0 aliphatic heterocycles. The van der Waals surface area contributed by atoms with Crippen LogP contribution in [0.5, 0.6) is 5.75 Å². The van der Waals surface area contributed by atoms with Crippen LogP contribution in [0, 0.1) is 11.8 Å². The van der Waals surface area contributed by atoms with Gasteiger partial charge in [-0.05, 0) is 18.2 Å². The van der Waals surface area contributed by atoms with E-state index < -0.39 is 9.84 Å². The van der Waals surface area contributed by atoms with Crippen molar-refractivity contribution in [3.63, 3.8) is 0 Å². The Morgan fingerprint density at radius 3 is 2.85 bits per heavy atom. The summed E-state index contributed by atoms with van der Waals surface area (Å²) in [6, 6.07) is 7.52. The number of sulfone groups is 1. The Balaban J connectivity index is 2.28. The molecule has 0 aliphatic rings. The second-order valence-electron chi connectivity index (χ2n) is 4.12. The van der Waals surface area contributed by atoms with Gasteiger partial charge in [-0.25, -0.2) is 8.42 Å². The van der Waals surface area contributed by atoms with Gasteiger partial charge >= 0.3 is 0 Å². The zero-order valence-corrected chi connectivity index (χ0v) is 13.1. The summed E-state index contributed by atoms with van der Waals surface area (Å²) in [5.41, 5.74) is 6.19. The molecule has 0 heterocycles. The SMILES string of the molecule is CS(=O)(=O)CCSCCOc1cccc(C#CCN)c1. The number of ether oxygens (including phenoxy) is 1. The van der Waals surface area contributed by atoms with Crippen molar-refractivity contribution in [2.24, 2.45) is 5.73 Å². The third-order valence-electron chi connectivity index (χ3n) is 2.26. The molecule has 2 N–H and O–H groups in total. The molecule has 0 fully saturated rings. The number of rotatable bonds is 7. The molecular weight excluding hydrogens is 294 g/mol. The van der Waals surface area contributed by atoms with Crippen molar-refractivity contribution in [2.75, 3.05) is 36.7 Å². The molecule has 110 valence electrons. The fourth-order valence-electron chi connectivity index (χ4n) is 1.35.